The fraction of sp³-hybridized carbons (Fsp3) is 0.524. The third-order valence-electron chi connectivity index (χ3n) is 4.86. The molecule has 0 heterocycles. The molecule has 1 fully saturated rings. The molecular weight excluding hydrogens is 348 g/mol. The molecule has 2 rings (SSSR count). The van der Waals surface area contributed by atoms with Gasteiger partial charge in [0, 0.05) is 19.3 Å². The van der Waals surface area contributed by atoms with Crippen molar-refractivity contribution in [2.45, 2.75) is 70.3 Å². The highest BCUT2D eigenvalue weighted by molar-refractivity contribution is 6.22. The highest BCUT2D eigenvalue weighted by atomic mass is 16.3. The molecule has 0 unspecified atom stereocenters. The summed E-state index contributed by atoms with van der Waals surface area (Å²) in [7, 11) is 0. The molecule has 1 aromatic carbocycles. The molecule has 4 N–H and O–H groups in total. The molecule has 6 nitrogen and oxygen atoms in total. The topological polar surface area (TPSA) is 115 Å². The summed E-state index contributed by atoms with van der Waals surface area (Å²) in [4.78, 5) is 23.6. The number of aryl methyl sites for hydroxylation is 1. The Labute approximate surface area is 159 Å². The second kappa shape index (κ2) is 10.1. The van der Waals surface area contributed by atoms with Crippen molar-refractivity contribution in [3.8, 4) is 11.5 Å². The maximum absolute atomic E-state index is 11.8. The number of phenols is 2. The van der Waals surface area contributed by atoms with Crippen LogP contribution in [0.25, 0.3) is 0 Å². The Bertz CT molecular complexity index is 687. The van der Waals surface area contributed by atoms with Gasteiger partial charge in [0.15, 0.2) is 23.1 Å². The summed E-state index contributed by atoms with van der Waals surface area (Å²) in [5.41, 5.74) is 0.881. The molecule has 1 aromatic rings. The van der Waals surface area contributed by atoms with E-state index in [1.165, 1.54) is 6.07 Å². The Balaban J connectivity index is 1.60. The molecular formula is C21H28O6. The lowest BCUT2D eigenvalue weighted by molar-refractivity contribution is -0.127. The number of carbonyl (C=O) groups is 2. The normalized spacial score (nSPS) is 17.4. The van der Waals surface area contributed by atoms with Crippen LogP contribution in [0.2, 0.25) is 0 Å². The zero-order valence-electron chi connectivity index (χ0n) is 15.5. The first-order chi connectivity index (χ1) is 12.9. The number of aromatic hydroxyl groups is 2. The van der Waals surface area contributed by atoms with Crippen LogP contribution < -0.4 is 0 Å². The SMILES string of the molecule is O=C1CC(O)CC(=O)C1=C(O)CCCCCCCCc1ccc(O)c(O)c1. The number of phenolic OH excluding ortho intramolecular Hbond substituents is 2. The number of unbranched alkanes of at least 4 members (excludes halogenated alkanes) is 5. The number of Topliss-reactive ketones (excluding diaryl/α,β-unsaturated/α-hetero) is 2. The molecule has 0 aliphatic heterocycles. The first-order valence-corrected chi connectivity index (χ1v) is 9.56. The van der Waals surface area contributed by atoms with Crippen molar-refractivity contribution >= 4 is 11.6 Å². The van der Waals surface area contributed by atoms with Crippen molar-refractivity contribution in [3.63, 3.8) is 0 Å². The van der Waals surface area contributed by atoms with E-state index in [4.69, 9.17) is 0 Å². The van der Waals surface area contributed by atoms with Gasteiger partial charge in [-0.15, -0.1) is 0 Å². The van der Waals surface area contributed by atoms with Crippen molar-refractivity contribution in [2.24, 2.45) is 0 Å². The smallest absolute Gasteiger partial charge is 0.172 e. The maximum Gasteiger partial charge on any atom is 0.172 e. The highest BCUT2D eigenvalue weighted by Crippen LogP contribution is 2.26. The van der Waals surface area contributed by atoms with Crippen LogP contribution in [0.15, 0.2) is 29.5 Å². The zero-order valence-corrected chi connectivity index (χ0v) is 15.5. The number of hydrogen-bond acceptors (Lipinski definition) is 6. The molecule has 1 aliphatic carbocycles. The molecule has 0 bridgehead atoms. The lowest BCUT2D eigenvalue weighted by Gasteiger charge is -2.18. The van der Waals surface area contributed by atoms with Crippen molar-refractivity contribution in [3.05, 3.63) is 35.1 Å². The molecule has 6 heteroatoms. The number of allylic oxidation sites excluding steroid dienone is 2. The van der Waals surface area contributed by atoms with Gasteiger partial charge in [-0.05, 0) is 37.0 Å². The molecule has 0 aromatic heterocycles. The van der Waals surface area contributed by atoms with Crippen LogP contribution >= 0.6 is 0 Å². The third-order valence-corrected chi connectivity index (χ3v) is 4.86. The minimum absolute atomic E-state index is 0.0918. The van der Waals surface area contributed by atoms with Gasteiger partial charge in [-0.3, -0.25) is 9.59 Å². The minimum atomic E-state index is -0.924. The zero-order chi connectivity index (χ0) is 19.8. The summed E-state index contributed by atoms with van der Waals surface area (Å²) in [5.74, 6) is -1.26. The number of benzene rings is 1. The van der Waals surface area contributed by atoms with Gasteiger partial charge in [0.1, 0.15) is 5.76 Å². The summed E-state index contributed by atoms with van der Waals surface area (Å²) >= 11 is 0. The molecule has 148 valence electrons. The lowest BCUT2D eigenvalue weighted by atomic mass is 9.88. The second-order valence-electron chi connectivity index (χ2n) is 7.17. The van der Waals surface area contributed by atoms with Crippen molar-refractivity contribution in [2.75, 3.05) is 0 Å². The van der Waals surface area contributed by atoms with Gasteiger partial charge in [-0.25, -0.2) is 0 Å². The molecule has 27 heavy (non-hydrogen) atoms. The van der Waals surface area contributed by atoms with Crippen LogP contribution in [0, 0.1) is 0 Å². The Morgan fingerprint density at radius 3 is 2.11 bits per heavy atom. The van der Waals surface area contributed by atoms with Crippen molar-refractivity contribution in [1.82, 2.24) is 0 Å². The Morgan fingerprint density at radius 2 is 1.48 bits per heavy atom. The monoisotopic (exact) mass is 376 g/mol. The molecule has 1 aliphatic rings. The van der Waals surface area contributed by atoms with E-state index in [1.807, 2.05) is 0 Å². The number of carbonyl (C=O) groups excluding carboxylic acids is 2. The summed E-state index contributed by atoms with van der Waals surface area (Å²) < 4.78 is 0. The van der Waals surface area contributed by atoms with Crippen molar-refractivity contribution < 1.29 is 30.0 Å². The Morgan fingerprint density at radius 1 is 0.889 bits per heavy atom. The molecule has 0 radical (unpaired) electrons. The Kier molecular flexibility index (Phi) is 7.85. The van der Waals surface area contributed by atoms with E-state index < -0.39 is 17.7 Å². The van der Waals surface area contributed by atoms with E-state index in [-0.39, 0.29) is 35.7 Å². The van der Waals surface area contributed by atoms with Crippen LogP contribution in [0.3, 0.4) is 0 Å². The molecule has 0 saturated heterocycles. The first kappa shape index (κ1) is 21.0. The van der Waals surface area contributed by atoms with Crippen LogP contribution in [0.1, 0.15) is 63.4 Å². The highest BCUT2D eigenvalue weighted by Gasteiger charge is 2.31. The van der Waals surface area contributed by atoms with Gasteiger partial charge >= 0.3 is 0 Å². The van der Waals surface area contributed by atoms with Gasteiger partial charge in [-0.2, -0.15) is 0 Å². The fourth-order valence-electron chi connectivity index (χ4n) is 3.36. The number of aliphatic hydroxyl groups excluding tert-OH is 2. The minimum Gasteiger partial charge on any atom is -0.511 e. The van der Waals surface area contributed by atoms with E-state index in [1.54, 1.807) is 12.1 Å². The summed E-state index contributed by atoms with van der Waals surface area (Å²) in [6.07, 6.45) is 5.75. The third kappa shape index (κ3) is 6.40. The molecule has 0 spiro atoms. The van der Waals surface area contributed by atoms with E-state index in [2.05, 4.69) is 0 Å². The van der Waals surface area contributed by atoms with E-state index in [0.29, 0.717) is 12.8 Å². The van der Waals surface area contributed by atoms with E-state index in [9.17, 15) is 30.0 Å². The Hall–Kier alpha value is -2.34. The average Bonchev–Trinajstić information content (AvgIpc) is 2.59. The van der Waals surface area contributed by atoms with E-state index >= 15 is 0 Å². The average molecular weight is 376 g/mol. The fourth-order valence-corrected chi connectivity index (χ4v) is 3.36. The first-order valence-electron chi connectivity index (χ1n) is 9.56. The molecule has 0 amide bonds. The predicted octanol–water partition coefficient (Wildman–Crippen LogP) is 3.48. The second-order valence-corrected chi connectivity index (χ2v) is 7.17. The predicted molar refractivity (Wildman–Crippen MR) is 101 cm³/mol. The number of aliphatic hydroxyl groups is 2. The quantitative estimate of drug-likeness (QED) is 0.172. The van der Waals surface area contributed by atoms with Gasteiger partial charge in [-0.1, -0.05) is 31.7 Å². The number of hydrogen-bond donors (Lipinski definition) is 4. The van der Waals surface area contributed by atoms with Crippen molar-refractivity contribution in [1.29, 1.82) is 0 Å². The largest absolute Gasteiger partial charge is 0.511 e. The van der Waals surface area contributed by atoms with Crippen LogP contribution in [0.4, 0.5) is 0 Å². The van der Waals surface area contributed by atoms with Crippen LogP contribution in [-0.4, -0.2) is 38.1 Å². The van der Waals surface area contributed by atoms with Crippen LogP contribution in [0.5, 0.6) is 11.5 Å². The van der Waals surface area contributed by atoms with Gasteiger partial charge in [0.05, 0.1) is 11.7 Å². The maximum atomic E-state index is 11.8. The molecule has 1 saturated carbocycles. The standard InChI is InChI=1S/C21H28O6/c22-15-12-19(26)21(20(27)13-15)17(24)8-6-4-2-1-3-5-7-14-9-10-16(23)18(25)11-14/h9-11,15,22-25H,1-8,12-13H2. The number of rotatable bonds is 9. The van der Waals surface area contributed by atoms with Crippen LogP contribution in [-0.2, 0) is 16.0 Å². The van der Waals surface area contributed by atoms with Gasteiger partial charge in [0.2, 0.25) is 0 Å². The summed E-state index contributed by atoms with van der Waals surface area (Å²) in [6, 6.07) is 4.88. The van der Waals surface area contributed by atoms with E-state index in [0.717, 1.165) is 44.1 Å². The molecule has 0 atom stereocenters. The van der Waals surface area contributed by atoms with Gasteiger partial charge < -0.3 is 20.4 Å². The number of ketones is 2. The lowest BCUT2D eigenvalue weighted by Crippen LogP contribution is -2.30. The van der Waals surface area contributed by atoms with Gasteiger partial charge in [0.25, 0.3) is 0 Å². The summed E-state index contributed by atoms with van der Waals surface area (Å²) in [5, 5.41) is 38.2. The summed E-state index contributed by atoms with van der Waals surface area (Å²) in [6.45, 7) is 0.